The number of aryl methyl sites for hydroxylation is 3. The summed E-state index contributed by atoms with van der Waals surface area (Å²) in [5.41, 5.74) is 2.38. The number of guanidine groups is 1. The summed E-state index contributed by atoms with van der Waals surface area (Å²) >= 11 is 0. The molecule has 0 fully saturated rings. The van der Waals surface area contributed by atoms with Crippen LogP contribution in [-0.2, 0) is 6.54 Å². The summed E-state index contributed by atoms with van der Waals surface area (Å²) in [6, 6.07) is 5.15. The van der Waals surface area contributed by atoms with Crippen molar-refractivity contribution in [2.75, 3.05) is 7.05 Å². The van der Waals surface area contributed by atoms with Gasteiger partial charge in [0.2, 0.25) is 5.89 Å². The highest BCUT2D eigenvalue weighted by Gasteiger charge is 2.11. The normalized spacial score (nSPS) is 12.5. The van der Waals surface area contributed by atoms with Crippen LogP contribution in [0.25, 0.3) is 0 Å². The number of halogens is 2. The summed E-state index contributed by atoms with van der Waals surface area (Å²) in [6.07, 6.45) is 0. The van der Waals surface area contributed by atoms with Gasteiger partial charge in [0, 0.05) is 7.05 Å². The molecule has 0 bridgehead atoms. The van der Waals surface area contributed by atoms with Gasteiger partial charge < -0.3 is 15.1 Å². The van der Waals surface area contributed by atoms with Crippen molar-refractivity contribution in [3.05, 3.63) is 52.5 Å². The summed E-state index contributed by atoms with van der Waals surface area (Å²) in [4.78, 5) is 8.48. The van der Waals surface area contributed by atoms with Crippen LogP contribution in [0.3, 0.4) is 0 Å². The fourth-order valence-corrected chi connectivity index (χ4v) is 2.14. The third kappa shape index (κ3) is 5.19. The zero-order chi connectivity index (χ0) is 17.0. The molecule has 132 valence electrons. The molecule has 2 rings (SSSR count). The number of hydrogen-bond donors (Lipinski definition) is 2. The molecule has 0 amide bonds. The number of rotatable bonds is 4. The zero-order valence-corrected chi connectivity index (χ0v) is 16.9. The first-order chi connectivity index (χ1) is 10.9. The third-order valence-electron chi connectivity index (χ3n) is 3.75. The molecule has 1 atom stereocenters. The molecule has 0 aliphatic heterocycles. The summed E-state index contributed by atoms with van der Waals surface area (Å²) in [5.74, 6) is 1.82. The average Bonchev–Trinajstić information content (AvgIpc) is 2.84. The van der Waals surface area contributed by atoms with Gasteiger partial charge in [0.05, 0.1) is 18.3 Å². The van der Waals surface area contributed by atoms with Gasteiger partial charge in [0.1, 0.15) is 11.6 Å². The molecule has 1 aromatic carbocycles. The lowest BCUT2D eigenvalue weighted by molar-refractivity contribution is 0.463. The lowest BCUT2D eigenvalue weighted by atomic mass is 10.1. The van der Waals surface area contributed by atoms with E-state index >= 15 is 0 Å². The molecule has 24 heavy (non-hydrogen) atoms. The Balaban J connectivity index is 0.00000288. The molecule has 7 heteroatoms. The van der Waals surface area contributed by atoms with Crippen LogP contribution in [0.4, 0.5) is 4.39 Å². The van der Waals surface area contributed by atoms with Crippen LogP contribution in [0.2, 0.25) is 0 Å². The maximum Gasteiger partial charge on any atom is 0.214 e. The second-order valence-electron chi connectivity index (χ2n) is 5.55. The van der Waals surface area contributed by atoms with Gasteiger partial charge in [0.25, 0.3) is 0 Å². The highest BCUT2D eigenvalue weighted by atomic mass is 127. The predicted octanol–water partition coefficient (Wildman–Crippen LogP) is 3.78. The highest BCUT2D eigenvalue weighted by molar-refractivity contribution is 14.0. The van der Waals surface area contributed by atoms with Gasteiger partial charge in [-0.1, -0.05) is 12.1 Å². The first-order valence-electron chi connectivity index (χ1n) is 7.57. The molecule has 0 saturated carbocycles. The van der Waals surface area contributed by atoms with E-state index in [1.165, 1.54) is 0 Å². The van der Waals surface area contributed by atoms with Crippen molar-refractivity contribution in [3.8, 4) is 0 Å². The Bertz CT molecular complexity index is 695. The Morgan fingerprint density at radius 2 is 2.04 bits per heavy atom. The Kier molecular flexibility index (Phi) is 7.65. The highest BCUT2D eigenvalue weighted by Crippen LogP contribution is 2.16. The van der Waals surface area contributed by atoms with E-state index in [1.54, 1.807) is 26.1 Å². The van der Waals surface area contributed by atoms with Crippen LogP contribution in [0.1, 0.15) is 41.4 Å². The van der Waals surface area contributed by atoms with Crippen LogP contribution in [0, 0.1) is 26.6 Å². The lowest BCUT2D eigenvalue weighted by Gasteiger charge is -2.18. The number of hydrogen-bond acceptors (Lipinski definition) is 3. The molecule has 0 saturated heterocycles. The fraction of sp³-hybridized carbons (Fsp3) is 0.412. The molecule has 1 heterocycles. The molecular formula is C17H24FIN4O. The molecule has 1 unspecified atom stereocenters. The average molecular weight is 446 g/mol. The summed E-state index contributed by atoms with van der Waals surface area (Å²) < 4.78 is 19.2. The monoisotopic (exact) mass is 446 g/mol. The van der Waals surface area contributed by atoms with Crippen molar-refractivity contribution in [1.82, 2.24) is 15.6 Å². The van der Waals surface area contributed by atoms with Crippen molar-refractivity contribution < 1.29 is 8.81 Å². The Labute approximate surface area is 159 Å². The van der Waals surface area contributed by atoms with Gasteiger partial charge >= 0.3 is 0 Å². The molecule has 5 nitrogen and oxygen atoms in total. The number of benzene rings is 1. The fourth-order valence-electron chi connectivity index (χ4n) is 2.14. The van der Waals surface area contributed by atoms with E-state index in [4.69, 9.17) is 4.42 Å². The Hall–Kier alpha value is -1.64. The number of aromatic nitrogens is 1. The molecule has 0 spiro atoms. The summed E-state index contributed by atoms with van der Waals surface area (Å²) in [7, 11) is 1.68. The standard InChI is InChI=1S/C17H23FN4O.HI/c1-10-6-7-14(8-15(10)18)12(3)22-17(19-5)20-9-16-21-11(2)13(4)23-16;/h6-8,12H,9H2,1-5H3,(H2,19,20,22);1H. The minimum atomic E-state index is -0.204. The SMILES string of the molecule is CN=C(NCc1nc(C)c(C)o1)NC(C)c1ccc(C)c(F)c1.I. The van der Waals surface area contributed by atoms with Crippen molar-refractivity contribution in [3.63, 3.8) is 0 Å². The molecule has 2 aromatic rings. The van der Waals surface area contributed by atoms with E-state index in [0.717, 1.165) is 17.0 Å². The lowest BCUT2D eigenvalue weighted by Crippen LogP contribution is -2.38. The Morgan fingerprint density at radius 3 is 2.58 bits per heavy atom. The van der Waals surface area contributed by atoms with Gasteiger partial charge in [-0.2, -0.15) is 0 Å². The van der Waals surface area contributed by atoms with Crippen molar-refractivity contribution in [2.24, 2.45) is 4.99 Å². The molecule has 0 aliphatic carbocycles. The van der Waals surface area contributed by atoms with Gasteiger partial charge in [0.15, 0.2) is 5.96 Å². The molecule has 2 N–H and O–H groups in total. The number of nitrogens with zero attached hydrogens (tertiary/aromatic N) is 2. The van der Waals surface area contributed by atoms with Crippen LogP contribution in [0.15, 0.2) is 27.6 Å². The van der Waals surface area contributed by atoms with Crippen LogP contribution in [-0.4, -0.2) is 18.0 Å². The molecular weight excluding hydrogens is 422 g/mol. The van der Waals surface area contributed by atoms with Crippen LogP contribution in [0.5, 0.6) is 0 Å². The van der Waals surface area contributed by atoms with Gasteiger partial charge in [-0.15, -0.1) is 24.0 Å². The minimum absolute atomic E-state index is 0. The second-order valence-corrected chi connectivity index (χ2v) is 5.55. The van der Waals surface area contributed by atoms with Crippen LogP contribution < -0.4 is 10.6 Å². The molecule has 0 aliphatic rings. The van der Waals surface area contributed by atoms with Gasteiger partial charge in [-0.25, -0.2) is 9.37 Å². The van der Waals surface area contributed by atoms with E-state index in [1.807, 2.05) is 26.8 Å². The third-order valence-corrected chi connectivity index (χ3v) is 3.75. The van der Waals surface area contributed by atoms with Gasteiger partial charge in [-0.3, -0.25) is 4.99 Å². The van der Waals surface area contributed by atoms with E-state index in [9.17, 15) is 4.39 Å². The maximum atomic E-state index is 13.7. The quantitative estimate of drug-likeness (QED) is 0.427. The van der Waals surface area contributed by atoms with Crippen LogP contribution >= 0.6 is 24.0 Å². The van der Waals surface area contributed by atoms with E-state index in [-0.39, 0.29) is 35.8 Å². The maximum absolute atomic E-state index is 13.7. The van der Waals surface area contributed by atoms with Gasteiger partial charge in [-0.05, 0) is 44.9 Å². The topological polar surface area (TPSA) is 62.5 Å². The van der Waals surface area contributed by atoms with Crippen molar-refractivity contribution in [1.29, 1.82) is 0 Å². The largest absolute Gasteiger partial charge is 0.444 e. The second kappa shape index (κ2) is 9.00. The smallest absolute Gasteiger partial charge is 0.214 e. The van der Waals surface area contributed by atoms with Crippen molar-refractivity contribution >= 4 is 29.9 Å². The first-order valence-corrected chi connectivity index (χ1v) is 7.57. The molecule has 1 aromatic heterocycles. The summed E-state index contributed by atoms with van der Waals surface area (Å²) in [6.45, 7) is 7.92. The number of oxazole rings is 1. The van der Waals surface area contributed by atoms with E-state index in [0.29, 0.717) is 24.0 Å². The zero-order valence-electron chi connectivity index (χ0n) is 14.6. The number of nitrogens with one attached hydrogen (secondary N) is 2. The van der Waals surface area contributed by atoms with Crippen molar-refractivity contribution in [2.45, 2.75) is 40.3 Å². The molecule has 0 radical (unpaired) electrons. The number of aliphatic imine (C=N–C) groups is 1. The Morgan fingerprint density at radius 1 is 1.33 bits per heavy atom. The van der Waals surface area contributed by atoms with E-state index < -0.39 is 0 Å². The first kappa shape index (κ1) is 20.4. The minimum Gasteiger partial charge on any atom is -0.444 e. The van der Waals surface area contributed by atoms with E-state index in [2.05, 4.69) is 20.6 Å². The predicted molar refractivity (Wildman–Crippen MR) is 104 cm³/mol. The summed E-state index contributed by atoms with van der Waals surface area (Å²) in [5, 5.41) is 6.37.